The van der Waals surface area contributed by atoms with Crippen molar-refractivity contribution in [3.63, 3.8) is 0 Å². The minimum Gasteiger partial charge on any atom is -0.497 e. The lowest BCUT2D eigenvalue weighted by atomic mass is 9.73. The number of rotatable bonds is 6. The zero-order valence-corrected chi connectivity index (χ0v) is 16.7. The summed E-state index contributed by atoms with van der Waals surface area (Å²) in [5.41, 5.74) is 0.0167. The normalized spacial score (nSPS) is 21.1. The summed E-state index contributed by atoms with van der Waals surface area (Å²) in [6.07, 6.45) is -0.431. The second-order valence-corrected chi connectivity index (χ2v) is 7.44. The molecule has 10 heteroatoms. The predicted octanol–water partition coefficient (Wildman–Crippen LogP) is 1.23. The van der Waals surface area contributed by atoms with E-state index in [1.165, 1.54) is 11.3 Å². The maximum Gasteiger partial charge on any atom is 0.314 e. The molecule has 2 heterocycles. The lowest BCUT2D eigenvalue weighted by Gasteiger charge is -2.43. The number of hydrogen-bond acceptors (Lipinski definition) is 8. The van der Waals surface area contributed by atoms with Gasteiger partial charge < -0.3 is 30.1 Å². The van der Waals surface area contributed by atoms with Crippen LogP contribution in [0.2, 0.25) is 0 Å². The number of hydrogen-bond donors (Lipinski definition) is 4. The Balaban J connectivity index is 0.000000941. The first-order valence-corrected chi connectivity index (χ1v) is 9.70. The Morgan fingerprint density at radius 3 is 2.79 bits per heavy atom. The van der Waals surface area contributed by atoms with Gasteiger partial charge in [0.2, 0.25) is 0 Å². The number of piperidine rings is 1. The fraction of sp³-hybridized carbons (Fsp3) is 0.421. The van der Waals surface area contributed by atoms with E-state index in [-0.39, 0.29) is 26.0 Å². The molecule has 0 amide bonds. The highest BCUT2D eigenvalue weighted by Gasteiger charge is 2.49. The number of thiazole rings is 1. The number of aliphatic hydroxyl groups is 2. The number of nitrogens with zero attached hydrogens (tertiary/aromatic N) is 2. The van der Waals surface area contributed by atoms with Gasteiger partial charge in [-0.3, -0.25) is 9.59 Å². The molecule has 0 unspecified atom stereocenters. The van der Waals surface area contributed by atoms with Crippen LogP contribution in [-0.4, -0.2) is 64.2 Å². The zero-order valence-electron chi connectivity index (χ0n) is 15.9. The van der Waals surface area contributed by atoms with Crippen molar-refractivity contribution >= 4 is 28.9 Å². The molecule has 0 bridgehead atoms. The van der Waals surface area contributed by atoms with E-state index >= 15 is 0 Å². The quantitative estimate of drug-likeness (QED) is 0.504. The van der Waals surface area contributed by atoms with Gasteiger partial charge in [-0.15, -0.1) is 11.3 Å². The first-order chi connectivity index (χ1) is 13.9. The number of aromatic nitrogens is 1. The summed E-state index contributed by atoms with van der Waals surface area (Å²) >= 11 is 1.37. The summed E-state index contributed by atoms with van der Waals surface area (Å²) in [6.45, 7) is 0.270. The van der Waals surface area contributed by atoms with Crippen molar-refractivity contribution in [2.24, 2.45) is 5.41 Å². The van der Waals surface area contributed by atoms with Crippen LogP contribution in [0.5, 0.6) is 5.75 Å². The standard InChI is InChI=1S/C18H22N2O5S.CH2O2/c1-25-14-4-2-3-12(7-14)8-18(16(23)24)11-20(6-5-15(18)22)17-19-13(9-21)10-26-17;2-1-3/h2-4,7,10,15,21-22H,5-6,8-9,11H2,1H3,(H,23,24);1H,(H,2,3)/t15-,18-;/m1./s1. The fourth-order valence-electron chi connectivity index (χ4n) is 3.36. The van der Waals surface area contributed by atoms with E-state index in [1.54, 1.807) is 24.6 Å². The van der Waals surface area contributed by atoms with E-state index in [1.807, 2.05) is 17.0 Å². The molecule has 29 heavy (non-hydrogen) atoms. The largest absolute Gasteiger partial charge is 0.497 e. The number of ether oxygens (including phenoxy) is 1. The van der Waals surface area contributed by atoms with Crippen molar-refractivity contribution in [2.45, 2.75) is 25.6 Å². The van der Waals surface area contributed by atoms with Crippen LogP contribution in [0.4, 0.5) is 5.13 Å². The molecule has 158 valence electrons. The van der Waals surface area contributed by atoms with Crippen LogP contribution in [0, 0.1) is 5.41 Å². The molecule has 1 aromatic heterocycles. The SMILES string of the molecule is COc1cccc(C[C@@]2(C(=O)O)CN(c3nc(CO)cs3)CC[C@H]2O)c1.O=CO. The van der Waals surface area contributed by atoms with E-state index < -0.39 is 17.5 Å². The Morgan fingerprint density at radius 1 is 1.48 bits per heavy atom. The summed E-state index contributed by atoms with van der Waals surface area (Å²) in [5.74, 6) is -0.380. The molecule has 1 fully saturated rings. The van der Waals surface area contributed by atoms with Gasteiger partial charge in [-0.25, -0.2) is 4.98 Å². The summed E-state index contributed by atoms with van der Waals surface area (Å²) in [4.78, 5) is 26.8. The molecule has 0 aliphatic carbocycles. The predicted molar refractivity (Wildman–Crippen MR) is 106 cm³/mol. The van der Waals surface area contributed by atoms with Gasteiger partial charge in [0.1, 0.15) is 11.2 Å². The highest BCUT2D eigenvalue weighted by molar-refractivity contribution is 7.13. The van der Waals surface area contributed by atoms with E-state index in [0.29, 0.717) is 29.5 Å². The highest BCUT2D eigenvalue weighted by atomic mass is 32.1. The molecule has 1 saturated heterocycles. The monoisotopic (exact) mass is 424 g/mol. The molecule has 0 spiro atoms. The third-order valence-electron chi connectivity index (χ3n) is 4.84. The van der Waals surface area contributed by atoms with Gasteiger partial charge >= 0.3 is 5.97 Å². The number of carboxylic acid groups (broad SMARTS) is 2. The van der Waals surface area contributed by atoms with Crippen molar-refractivity contribution in [2.75, 3.05) is 25.1 Å². The van der Waals surface area contributed by atoms with Gasteiger partial charge in [0, 0.05) is 18.5 Å². The van der Waals surface area contributed by atoms with Crippen LogP contribution in [-0.2, 0) is 22.6 Å². The average Bonchev–Trinajstić information content (AvgIpc) is 3.19. The molecule has 9 nitrogen and oxygen atoms in total. The zero-order chi connectivity index (χ0) is 21.4. The van der Waals surface area contributed by atoms with E-state index in [0.717, 1.165) is 5.56 Å². The molecule has 1 aliphatic heterocycles. The molecule has 1 aliphatic rings. The van der Waals surface area contributed by atoms with Crippen LogP contribution >= 0.6 is 11.3 Å². The number of anilines is 1. The first kappa shape index (κ1) is 22.6. The summed E-state index contributed by atoms with van der Waals surface area (Å²) in [6, 6.07) is 7.24. The van der Waals surface area contributed by atoms with E-state index in [9.17, 15) is 20.1 Å². The Bertz CT molecular complexity index is 828. The Kier molecular flexibility index (Phi) is 7.94. The van der Waals surface area contributed by atoms with Crippen LogP contribution < -0.4 is 9.64 Å². The first-order valence-electron chi connectivity index (χ1n) is 8.82. The number of aliphatic hydroxyl groups excluding tert-OH is 2. The van der Waals surface area contributed by atoms with Gasteiger partial charge in [-0.2, -0.15) is 0 Å². The smallest absolute Gasteiger partial charge is 0.314 e. The number of aliphatic carboxylic acids is 1. The van der Waals surface area contributed by atoms with Crippen molar-refractivity contribution in [1.82, 2.24) is 4.98 Å². The van der Waals surface area contributed by atoms with Gasteiger partial charge in [-0.1, -0.05) is 12.1 Å². The molecule has 0 radical (unpaired) electrons. The van der Waals surface area contributed by atoms with Crippen molar-refractivity contribution in [3.8, 4) is 5.75 Å². The third kappa shape index (κ3) is 5.22. The van der Waals surface area contributed by atoms with Gasteiger partial charge in [0.15, 0.2) is 5.13 Å². The molecule has 4 N–H and O–H groups in total. The maximum absolute atomic E-state index is 12.2. The summed E-state index contributed by atoms with van der Waals surface area (Å²) < 4.78 is 5.22. The van der Waals surface area contributed by atoms with Gasteiger partial charge in [0.25, 0.3) is 6.47 Å². The number of benzene rings is 1. The third-order valence-corrected chi connectivity index (χ3v) is 5.79. The Hall–Kier alpha value is -2.69. The minimum atomic E-state index is -1.34. The lowest BCUT2D eigenvalue weighted by molar-refractivity contribution is -0.157. The second kappa shape index (κ2) is 10.2. The molecule has 3 rings (SSSR count). The topological polar surface area (TPSA) is 140 Å². The minimum absolute atomic E-state index is 0.152. The second-order valence-electron chi connectivity index (χ2n) is 6.60. The molecule has 1 aromatic carbocycles. The molecule has 2 aromatic rings. The highest BCUT2D eigenvalue weighted by Crippen LogP contribution is 2.38. The van der Waals surface area contributed by atoms with Gasteiger partial charge in [-0.05, 0) is 30.5 Å². The van der Waals surface area contributed by atoms with Crippen molar-refractivity contribution < 1.29 is 34.8 Å². The Labute approximate surface area is 171 Å². The number of methoxy groups -OCH3 is 1. The van der Waals surface area contributed by atoms with Crippen LogP contribution in [0.1, 0.15) is 17.7 Å². The summed E-state index contributed by atoms with van der Waals surface area (Å²) in [5, 5.41) is 39.1. The van der Waals surface area contributed by atoms with Crippen molar-refractivity contribution in [3.05, 3.63) is 40.9 Å². The Morgan fingerprint density at radius 2 is 2.21 bits per heavy atom. The maximum atomic E-state index is 12.2. The fourth-order valence-corrected chi connectivity index (χ4v) is 4.21. The molecular formula is C19H24N2O7S. The lowest BCUT2D eigenvalue weighted by Crippen LogP contribution is -2.57. The average molecular weight is 424 g/mol. The summed E-state index contributed by atoms with van der Waals surface area (Å²) in [7, 11) is 1.56. The molecule has 0 saturated carbocycles. The number of carboxylic acids is 1. The van der Waals surface area contributed by atoms with Crippen LogP contribution in [0.15, 0.2) is 29.6 Å². The van der Waals surface area contributed by atoms with Crippen molar-refractivity contribution in [1.29, 1.82) is 0 Å². The van der Waals surface area contributed by atoms with Gasteiger partial charge in [0.05, 0.1) is 25.5 Å². The van der Waals surface area contributed by atoms with E-state index in [2.05, 4.69) is 4.98 Å². The van der Waals surface area contributed by atoms with Crippen LogP contribution in [0.3, 0.4) is 0 Å². The van der Waals surface area contributed by atoms with E-state index in [4.69, 9.17) is 14.6 Å². The van der Waals surface area contributed by atoms with Crippen LogP contribution in [0.25, 0.3) is 0 Å². The molecule has 2 atom stereocenters. The molecular weight excluding hydrogens is 400 g/mol. The number of carbonyl (C=O) groups is 2.